The number of thiophene rings is 1. The van der Waals surface area contributed by atoms with Gasteiger partial charge in [0.2, 0.25) is 0 Å². The minimum atomic E-state index is -0.667. The van der Waals surface area contributed by atoms with Crippen LogP contribution in [-0.2, 0) is 4.79 Å². The molecule has 3 unspecified atom stereocenters. The zero-order valence-electron chi connectivity index (χ0n) is 10.6. The molecule has 0 aromatic carbocycles. The molecule has 0 spiro atoms. The predicted octanol–water partition coefficient (Wildman–Crippen LogP) is 4.79. The normalized spacial score (nSPS) is 28.2. The second-order valence-electron chi connectivity index (χ2n) is 5.15. The Hall–Kier alpha value is -0.540. The van der Waals surface area contributed by atoms with Gasteiger partial charge in [0.05, 0.1) is 10.9 Å². The van der Waals surface area contributed by atoms with Crippen molar-refractivity contribution in [3.05, 3.63) is 21.3 Å². The first kappa shape index (κ1) is 13.9. The molecule has 100 valence electrons. The van der Waals surface area contributed by atoms with Gasteiger partial charge in [-0.2, -0.15) is 0 Å². The van der Waals surface area contributed by atoms with Crippen molar-refractivity contribution < 1.29 is 9.90 Å². The standard InChI is InChI=1S/C14H19ClO2S/c1-2-3-9-4-5-10(14(16)17)11(8-9)13-12(15)6-7-18-13/h6-7,9-11H,2-5,8H2,1H3,(H,16,17). The summed E-state index contributed by atoms with van der Waals surface area (Å²) < 4.78 is 0. The molecule has 0 aliphatic heterocycles. The minimum absolute atomic E-state index is 0.111. The summed E-state index contributed by atoms with van der Waals surface area (Å²) in [5.41, 5.74) is 0. The Balaban J connectivity index is 2.20. The predicted molar refractivity (Wildman–Crippen MR) is 75.4 cm³/mol. The molecule has 1 aromatic heterocycles. The Labute approximate surface area is 117 Å². The van der Waals surface area contributed by atoms with Gasteiger partial charge in [0.25, 0.3) is 0 Å². The Morgan fingerprint density at radius 3 is 2.89 bits per heavy atom. The third kappa shape index (κ3) is 2.89. The number of carboxylic acid groups (broad SMARTS) is 1. The quantitative estimate of drug-likeness (QED) is 0.864. The molecular weight excluding hydrogens is 268 g/mol. The topological polar surface area (TPSA) is 37.3 Å². The average Bonchev–Trinajstić information content (AvgIpc) is 2.75. The van der Waals surface area contributed by atoms with Crippen LogP contribution in [0.5, 0.6) is 0 Å². The smallest absolute Gasteiger partial charge is 0.307 e. The van der Waals surface area contributed by atoms with E-state index in [0.29, 0.717) is 5.92 Å². The molecule has 0 radical (unpaired) electrons. The summed E-state index contributed by atoms with van der Waals surface area (Å²) in [6.45, 7) is 2.19. The molecule has 0 amide bonds. The van der Waals surface area contributed by atoms with Crippen molar-refractivity contribution in [3.8, 4) is 0 Å². The highest BCUT2D eigenvalue weighted by atomic mass is 35.5. The molecule has 1 aliphatic carbocycles. The van der Waals surface area contributed by atoms with Crippen LogP contribution in [-0.4, -0.2) is 11.1 Å². The lowest BCUT2D eigenvalue weighted by Crippen LogP contribution is -2.29. The van der Waals surface area contributed by atoms with Crippen molar-refractivity contribution in [1.82, 2.24) is 0 Å². The number of aliphatic carboxylic acids is 1. The fourth-order valence-electron chi connectivity index (χ4n) is 3.08. The molecule has 1 aliphatic rings. The fraction of sp³-hybridized carbons (Fsp3) is 0.643. The first-order valence-corrected chi connectivity index (χ1v) is 7.85. The molecule has 2 rings (SSSR count). The molecule has 2 nitrogen and oxygen atoms in total. The summed E-state index contributed by atoms with van der Waals surface area (Å²) in [5.74, 6) is -0.150. The summed E-state index contributed by atoms with van der Waals surface area (Å²) >= 11 is 7.79. The van der Waals surface area contributed by atoms with Gasteiger partial charge in [-0.15, -0.1) is 11.3 Å². The highest BCUT2D eigenvalue weighted by Gasteiger charge is 2.37. The summed E-state index contributed by atoms with van der Waals surface area (Å²) in [5, 5.41) is 12.1. The number of halogens is 1. The summed E-state index contributed by atoms with van der Waals surface area (Å²) in [7, 11) is 0. The van der Waals surface area contributed by atoms with Crippen LogP contribution in [0.1, 0.15) is 49.8 Å². The molecule has 1 saturated carbocycles. The van der Waals surface area contributed by atoms with E-state index in [2.05, 4.69) is 6.92 Å². The van der Waals surface area contributed by atoms with Crippen molar-refractivity contribution in [1.29, 1.82) is 0 Å². The van der Waals surface area contributed by atoms with E-state index in [1.165, 1.54) is 12.8 Å². The van der Waals surface area contributed by atoms with Crippen LogP contribution in [0.2, 0.25) is 5.02 Å². The van der Waals surface area contributed by atoms with Crippen molar-refractivity contribution >= 4 is 28.9 Å². The number of hydrogen-bond acceptors (Lipinski definition) is 2. The molecule has 0 saturated heterocycles. The van der Waals surface area contributed by atoms with Crippen LogP contribution >= 0.6 is 22.9 Å². The lowest BCUT2D eigenvalue weighted by Gasteiger charge is -2.33. The lowest BCUT2D eigenvalue weighted by atomic mass is 9.72. The van der Waals surface area contributed by atoms with Gasteiger partial charge in [-0.1, -0.05) is 31.4 Å². The fourth-order valence-corrected chi connectivity index (χ4v) is 4.46. The van der Waals surface area contributed by atoms with Crippen LogP contribution in [0.3, 0.4) is 0 Å². The van der Waals surface area contributed by atoms with E-state index in [0.717, 1.165) is 29.2 Å². The Morgan fingerprint density at radius 1 is 1.56 bits per heavy atom. The number of hydrogen-bond donors (Lipinski definition) is 1. The molecule has 3 atom stereocenters. The Kier molecular flexibility index (Phi) is 4.68. The van der Waals surface area contributed by atoms with Crippen molar-refractivity contribution in [2.75, 3.05) is 0 Å². The van der Waals surface area contributed by atoms with E-state index >= 15 is 0 Å². The summed E-state index contributed by atoms with van der Waals surface area (Å²) in [6, 6.07) is 1.88. The maximum Gasteiger partial charge on any atom is 0.307 e. The van der Waals surface area contributed by atoms with Crippen LogP contribution in [0.4, 0.5) is 0 Å². The Morgan fingerprint density at radius 2 is 2.33 bits per heavy atom. The number of carbonyl (C=O) groups is 1. The number of rotatable bonds is 4. The van der Waals surface area contributed by atoms with Crippen LogP contribution in [0.25, 0.3) is 0 Å². The van der Waals surface area contributed by atoms with Gasteiger partial charge in [-0.25, -0.2) is 0 Å². The van der Waals surface area contributed by atoms with Gasteiger partial charge >= 0.3 is 5.97 Å². The highest BCUT2D eigenvalue weighted by molar-refractivity contribution is 7.10. The second kappa shape index (κ2) is 6.07. The maximum absolute atomic E-state index is 11.4. The zero-order valence-corrected chi connectivity index (χ0v) is 12.1. The van der Waals surface area contributed by atoms with Gasteiger partial charge in [0.15, 0.2) is 0 Å². The van der Waals surface area contributed by atoms with Crippen LogP contribution in [0, 0.1) is 11.8 Å². The summed E-state index contributed by atoms with van der Waals surface area (Å²) in [6.07, 6.45) is 5.19. The van der Waals surface area contributed by atoms with E-state index in [9.17, 15) is 9.90 Å². The summed E-state index contributed by atoms with van der Waals surface area (Å²) in [4.78, 5) is 12.5. The van der Waals surface area contributed by atoms with E-state index in [-0.39, 0.29) is 11.8 Å². The first-order valence-electron chi connectivity index (χ1n) is 6.59. The van der Waals surface area contributed by atoms with E-state index in [1.54, 1.807) is 11.3 Å². The van der Waals surface area contributed by atoms with Crippen LogP contribution < -0.4 is 0 Å². The van der Waals surface area contributed by atoms with E-state index in [4.69, 9.17) is 11.6 Å². The molecule has 1 N–H and O–H groups in total. The molecule has 18 heavy (non-hydrogen) atoms. The molecule has 1 fully saturated rings. The van der Waals surface area contributed by atoms with E-state index in [1.807, 2.05) is 11.4 Å². The molecule has 0 bridgehead atoms. The SMILES string of the molecule is CCCC1CCC(C(=O)O)C(c2sccc2Cl)C1. The van der Waals surface area contributed by atoms with Crippen molar-refractivity contribution in [2.24, 2.45) is 11.8 Å². The van der Waals surface area contributed by atoms with Gasteiger partial charge in [-0.05, 0) is 36.6 Å². The Bertz CT molecular complexity index is 416. The largest absolute Gasteiger partial charge is 0.481 e. The van der Waals surface area contributed by atoms with Gasteiger partial charge in [0, 0.05) is 10.8 Å². The lowest BCUT2D eigenvalue weighted by molar-refractivity contribution is -0.143. The van der Waals surface area contributed by atoms with Crippen molar-refractivity contribution in [2.45, 2.75) is 44.9 Å². The molecule has 1 heterocycles. The number of carboxylic acids is 1. The van der Waals surface area contributed by atoms with Gasteiger partial charge in [0.1, 0.15) is 0 Å². The zero-order chi connectivity index (χ0) is 13.1. The minimum Gasteiger partial charge on any atom is -0.481 e. The molecular formula is C14H19ClO2S. The molecule has 4 heteroatoms. The van der Waals surface area contributed by atoms with Crippen molar-refractivity contribution in [3.63, 3.8) is 0 Å². The first-order chi connectivity index (χ1) is 8.63. The third-order valence-corrected chi connectivity index (χ3v) is 5.44. The second-order valence-corrected chi connectivity index (χ2v) is 6.51. The monoisotopic (exact) mass is 286 g/mol. The van der Waals surface area contributed by atoms with E-state index < -0.39 is 5.97 Å². The maximum atomic E-state index is 11.4. The van der Waals surface area contributed by atoms with Crippen LogP contribution in [0.15, 0.2) is 11.4 Å². The molecule has 1 aromatic rings. The third-order valence-electron chi connectivity index (χ3n) is 3.95. The van der Waals surface area contributed by atoms with Gasteiger partial charge < -0.3 is 5.11 Å². The average molecular weight is 287 g/mol. The highest BCUT2D eigenvalue weighted by Crippen LogP contribution is 2.46. The van der Waals surface area contributed by atoms with Gasteiger partial charge in [-0.3, -0.25) is 4.79 Å².